The van der Waals surface area contributed by atoms with Gasteiger partial charge < -0.3 is 15.8 Å². The Balaban J connectivity index is 1.21. The smallest absolute Gasteiger partial charge is 0.251 e. The van der Waals surface area contributed by atoms with Gasteiger partial charge in [0.25, 0.3) is 5.91 Å². The predicted molar refractivity (Wildman–Crippen MR) is 131 cm³/mol. The molecule has 2 bridgehead atoms. The summed E-state index contributed by atoms with van der Waals surface area (Å²) >= 11 is 0. The topological polar surface area (TPSA) is 80.5 Å². The number of hydrogen-bond acceptors (Lipinski definition) is 5. The third-order valence-corrected chi connectivity index (χ3v) is 7.34. The van der Waals surface area contributed by atoms with Crippen LogP contribution in [0.1, 0.15) is 73.6 Å². The molecule has 0 spiro atoms. The molecule has 1 amide bonds. The van der Waals surface area contributed by atoms with Gasteiger partial charge >= 0.3 is 0 Å². The number of hydrogen-bond donors (Lipinski definition) is 2. The minimum atomic E-state index is -0.0985. The lowest BCUT2D eigenvalue weighted by atomic mass is 9.84. The van der Waals surface area contributed by atoms with Crippen LogP contribution in [0.5, 0.6) is 0 Å². The molecule has 3 aromatic rings. The number of likely N-dealkylation sites (tertiary alicyclic amines) is 1. The molecular formula is C28H29N4O2+. The second kappa shape index (κ2) is 8.15. The van der Waals surface area contributed by atoms with E-state index in [9.17, 15) is 4.79 Å². The molecule has 4 heterocycles. The zero-order chi connectivity index (χ0) is 23.4. The van der Waals surface area contributed by atoms with Gasteiger partial charge in [0.15, 0.2) is 0 Å². The summed E-state index contributed by atoms with van der Waals surface area (Å²) < 4.78 is 6.37. The van der Waals surface area contributed by atoms with Crippen LogP contribution >= 0.6 is 0 Å². The van der Waals surface area contributed by atoms with Crippen molar-refractivity contribution in [1.29, 1.82) is 0 Å². The van der Waals surface area contributed by atoms with E-state index in [1.807, 2.05) is 38.1 Å². The summed E-state index contributed by atoms with van der Waals surface area (Å²) in [6.45, 7) is 7.49. The van der Waals surface area contributed by atoms with Gasteiger partial charge in [0, 0.05) is 30.9 Å². The number of fused-ring (bicyclic) bond motifs is 8. The molecule has 2 unspecified atom stereocenters. The van der Waals surface area contributed by atoms with Crippen molar-refractivity contribution >= 4 is 11.7 Å². The van der Waals surface area contributed by atoms with E-state index in [-0.39, 0.29) is 18.1 Å². The van der Waals surface area contributed by atoms with Gasteiger partial charge in [-0.15, -0.1) is 0 Å². The second-order valence-electron chi connectivity index (χ2n) is 9.63. The SMILES string of the molecule is Cc1cc(N)nc(C)c1CNC(=O)c1ccc2c(c1)C1OC2c2ccc(CN3C[CH+]CC3)cc21. The zero-order valence-electron chi connectivity index (χ0n) is 19.6. The molecule has 2 atom stereocenters. The average Bonchev–Trinajstić information content (AvgIpc) is 3.54. The fourth-order valence-corrected chi connectivity index (χ4v) is 5.60. The van der Waals surface area contributed by atoms with E-state index in [2.05, 4.69) is 39.8 Å². The minimum absolute atomic E-state index is 0.0348. The van der Waals surface area contributed by atoms with Crippen LogP contribution in [0.2, 0.25) is 0 Å². The van der Waals surface area contributed by atoms with Gasteiger partial charge in [-0.1, -0.05) is 24.3 Å². The Morgan fingerprint density at radius 1 is 1.12 bits per heavy atom. The fraction of sp³-hybridized carbons (Fsp3) is 0.321. The molecule has 6 nitrogen and oxygen atoms in total. The molecule has 6 rings (SSSR count). The van der Waals surface area contributed by atoms with Crippen molar-refractivity contribution in [3.63, 3.8) is 0 Å². The second-order valence-corrected chi connectivity index (χ2v) is 9.63. The summed E-state index contributed by atoms with van der Waals surface area (Å²) in [4.78, 5) is 19.8. The summed E-state index contributed by atoms with van der Waals surface area (Å²) in [7, 11) is 0. The van der Waals surface area contributed by atoms with Crippen molar-refractivity contribution in [2.24, 2.45) is 0 Å². The highest BCUT2D eigenvalue weighted by atomic mass is 16.5. The molecule has 0 saturated carbocycles. The molecule has 1 saturated heterocycles. The predicted octanol–water partition coefficient (Wildman–Crippen LogP) is 4.14. The van der Waals surface area contributed by atoms with Crippen molar-refractivity contribution in [3.8, 4) is 0 Å². The van der Waals surface area contributed by atoms with Crippen LogP contribution in [-0.2, 0) is 17.8 Å². The van der Waals surface area contributed by atoms with Crippen LogP contribution in [0.25, 0.3) is 0 Å². The Morgan fingerprint density at radius 2 is 1.88 bits per heavy atom. The van der Waals surface area contributed by atoms with Crippen LogP contribution in [0, 0.1) is 20.3 Å². The lowest BCUT2D eigenvalue weighted by Crippen LogP contribution is -2.24. The van der Waals surface area contributed by atoms with Crippen LogP contribution in [0.15, 0.2) is 42.5 Å². The third-order valence-electron chi connectivity index (χ3n) is 7.34. The Bertz CT molecular complexity index is 1270. The molecular weight excluding hydrogens is 424 g/mol. The Kier molecular flexibility index (Phi) is 5.08. The number of carbonyl (C=O) groups is 1. The number of pyridine rings is 1. The summed E-state index contributed by atoms with van der Waals surface area (Å²) in [6, 6.07) is 14.5. The maximum atomic E-state index is 13.0. The highest BCUT2D eigenvalue weighted by Gasteiger charge is 2.43. The van der Waals surface area contributed by atoms with Gasteiger partial charge in [-0.2, -0.15) is 0 Å². The molecule has 1 aromatic heterocycles. The maximum absolute atomic E-state index is 13.0. The largest absolute Gasteiger partial charge is 0.384 e. The number of benzene rings is 2. The molecule has 3 N–H and O–H groups in total. The van der Waals surface area contributed by atoms with Crippen molar-refractivity contribution in [2.45, 2.75) is 45.6 Å². The molecule has 6 heteroatoms. The van der Waals surface area contributed by atoms with E-state index in [0.717, 1.165) is 42.0 Å². The molecule has 34 heavy (non-hydrogen) atoms. The van der Waals surface area contributed by atoms with Gasteiger partial charge in [-0.3, -0.25) is 9.69 Å². The van der Waals surface area contributed by atoms with Crippen molar-refractivity contribution < 1.29 is 9.53 Å². The molecule has 2 aromatic carbocycles. The third kappa shape index (κ3) is 3.54. The number of nitrogens with zero attached hydrogens (tertiary/aromatic N) is 2. The van der Waals surface area contributed by atoms with Crippen LogP contribution < -0.4 is 11.1 Å². The van der Waals surface area contributed by atoms with E-state index in [1.54, 1.807) is 0 Å². The van der Waals surface area contributed by atoms with Crippen molar-refractivity contribution in [1.82, 2.24) is 15.2 Å². The molecule has 3 aliphatic rings. The van der Waals surface area contributed by atoms with Crippen LogP contribution in [0.3, 0.4) is 0 Å². The highest BCUT2D eigenvalue weighted by Crippen LogP contribution is 2.54. The first kappa shape index (κ1) is 21.2. The highest BCUT2D eigenvalue weighted by molar-refractivity contribution is 5.94. The Hall–Kier alpha value is -3.35. The summed E-state index contributed by atoms with van der Waals surface area (Å²) in [5.41, 5.74) is 15.5. The van der Waals surface area contributed by atoms with Gasteiger partial charge in [0.2, 0.25) is 0 Å². The number of nitrogen functional groups attached to an aromatic ring is 1. The van der Waals surface area contributed by atoms with E-state index in [4.69, 9.17) is 10.5 Å². The molecule has 1 fully saturated rings. The molecule has 0 radical (unpaired) electrons. The lowest BCUT2D eigenvalue weighted by Gasteiger charge is -2.19. The summed E-state index contributed by atoms with van der Waals surface area (Å²) in [5, 5.41) is 3.05. The van der Waals surface area contributed by atoms with Gasteiger partial charge in [0.05, 0.1) is 6.42 Å². The number of nitrogens with one attached hydrogen (secondary N) is 1. The van der Waals surface area contributed by atoms with E-state index in [0.29, 0.717) is 17.9 Å². The molecule has 172 valence electrons. The number of aromatic nitrogens is 1. The van der Waals surface area contributed by atoms with E-state index in [1.165, 1.54) is 28.7 Å². The van der Waals surface area contributed by atoms with Crippen molar-refractivity contribution in [2.75, 3.05) is 18.8 Å². The van der Waals surface area contributed by atoms with Gasteiger partial charge in [-0.25, -0.2) is 4.98 Å². The summed E-state index contributed by atoms with van der Waals surface area (Å²) in [5.74, 6) is 0.404. The number of aryl methyl sites for hydroxylation is 2. The first-order valence-electron chi connectivity index (χ1n) is 11.9. The standard InChI is InChI=1S/C28H28N4O2/c1-16-11-25(29)31-17(2)24(16)14-30-28(33)19-6-8-21-23(13-19)27-22-12-18(15-32-9-3-4-10-32)5-7-20(22)26(21)34-27/h3,5-8,11-13,26-27H,4,9-10,14-15H2,1-2H3,(H2-,29,30,31,33)/p+1. The Morgan fingerprint density at radius 3 is 2.65 bits per heavy atom. The van der Waals surface area contributed by atoms with Crippen LogP contribution in [0.4, 0.5) is 5.82 Å². The number of ether oxygens (including phenoxy) is 1. The molecule has 3 aliphatic heterocycles. The number of carbonyl (C=O) groups excluding carboxylic acids is 1. The lowest BCUT2D eigenvalue weighted by molar-refractivity contribution is 0.0857. The normalized spacial score (nSPS) is 20.2. The monoisotopic (exact) mass is 453 g/mol. The quantitative estimate of drug-likeness (QED) is 0.568. The molecule has 0 aliphatic carbocycles. The van der Waals surface area contributed by atoms with E-state index < -0.39 is 0 Å². The number of rotatable bonds is 5. The first-order chi connectivity index (χ1) is 16.5. The number of nitrogens with two attached hydrogens (primary N) is 1. The fourth-order valence-electron chi connectivity index (χ4n) is 5.60. The maximum Gasteiger partial charge on any atom is 0.251 e. The minimum Gasteiger partial charge on any atom is -0.384 e. The summed E-state index contributed by atoms with van der Waals surface area (Å²) in [6.07, 6.45) is 3.38. The number of anilines is 1. The Labute approximate surface area is 200 Å². The zero-order valence-corrected chi connectivity index (χ0v) is 19.6. The van der Waals surface area contributed by atoms with Crippen LogP contribution in [-0.4, -0.2) is 28.9 Å². The van der Waals surface area contributed by atoms with Gasteiger partial charge in [-0.05, 0) is 71.0 Å². The van der Waals surface area contributed by atoms with Gasteiger partial charge in [0.1, 0.15) is 31.0 Å². The first-order valence-corrected chi connectivity index (χ1v) is 11.9. The average molecular weight is 454 g/mol. The van der Waals surface area contributed by atoms with Crippen molar-refractivity contribution in [3.05, 3.63) is 99.1 Å². The number of amides is 1. The van der Waals surface area contributed by atoms with E-state index >= 15 is 0 Å².